The molecule has 1 heterocycles. The van der Waals surface area contributed by atoms with E-state index in [-0.39, 0.29) is 17.9 Å². The van der Waals surface area contributed by atoms with Gasteiger partial charge < -0.3 is 19.9 Å². The number of hydrogen-bond donors (Lipinski definition) is 2. The first kappa shape index (κ1) is 23.6. The number of amides is 1. The van der Waals surface area contributed by atoms with Gasteiger partial charge in [-0.05, 0) is 61.0 Å². The Morgan fingerprint density at radius 3 is 2.59 bits per heavy atom. The van der Waals surface area contributed by atoms with Gasteiger partial charge >= 0.3 is 0 Å². The molecule has 3 rings (SSSR count). The molecule has 0 aliphatic carbocycles. The first-order valence-electron chi connectivity index (χ1n) is 10.5. The third-order valence-corrected chi connectivity index (χ3v) is 5.43. The van der Waals surface area contributed by atoms with Gasteiger partial charge in [-0.25, -0.2) is 0 Å². The highest BCUT2D eigenvalue weighted by Gasteiger charge is 2.13. The van der Waals surface area contributed by atoms with Crippen molar-refractivity contribution in [3.63, 3.8) is 0 Å². The SMILES string of the molecule is CNCc1ccc(Cl)cc1CNC(=O)Cc1c(C)ccn(CCOc2ccccc2)c1=O. The van der Waals surface area contributed by atoms with Gasteiger partial charge in [0.2, 0.25) is 5.91 Å². The summed E-state index contributed by atoms with van der Waals surface area (Å²) in [4.78, 5) is 25.5. The summed E-state index contributed by atoms with van der Waals surface area (Å²) in [7, 11) is 1.87. The molecule has 1 aromatic heterocycles. The Labute approximate surface area is 193 Å². The molecule has 32 heavy (non-hydrogen) atoms. The second kappa shape index (κ2) is 11.5. The van der Waals surface area contributed by atoms with Crippen molar-refractivity contribution >= 4 is 17.5 Å². The van der Waals surface area contributed by atoms with Crippen molar-refractivity contribution in [3.05, 3.63) is 98.4 Å². The molecule has 168 valence electrons. The third kappa shape index (κ3) is 6.45. The van der Waals surface area contributed by atoms with Crippen LogP contribution in [0.1, 0.15) is 22.3 Å². The molecule has 0 radical (unpaired) electrons. The number of rotatable bonds is 10. The predicted molar refractivity (Wildman–Crippen MR) is 127 cm³/mol. The zero-order valence-corrected chi connectivity index (χ0v) is 19.1. The highest BCUT2D eigenvalue weighted by atomic mass is 35.5. The standard InChI is InChI=1S/C25H28ClN3O3/c1-18-10-11-29(12-13-32-22-6-4-3-5-7-22)25(31)23(18)15-24(30)28-17-20-14-21(26)9-8-19(20)16-27-2/h3-11,14,27H,12-13,15-17H2,1-2H3,(H,28,30). The number of nitrogens with zero attached hydrogens (tertiary/aromatic N) is 1. The predicted octanol–water partition coefficient (Wildman–Crippen LogP) is 3.47. The number of nitrogens with one attached hydrogen (secondary N) is 2. The molecule has 0 unspecified atom stereocenters. The highest BCUT2D eigenvalue weighted by molar-refractivity contribution is 6.30. The number of pyridine rings is 1. The van der Waals surface area contributed by atoms with Crippen LogP contribution in [0.5, 0.6) is 5.75 Å². The highest BCUT2D eigenvalue weighted by Crippen LogP contribution is 2.16. The number of hydrogen-bond acceptors (Lipinski definition) is 4. The van der Waals surface area contributed by atoms with Crippen molar-refractivity contribution < 1.29 is 9.53 Å². The van der Waals surface area contributed by atoms with Crippen LogP contribution in [0.2, 0.25) is 5.02 Å². The molecule has 0 atom stereocenters. The Morgan fingerprint density at radius 1 is 1.06 bits per heavy atom. The molecule has 3 aromatic rings. The second-order valence-corrected chi connectivity index (χ2v) is 7.97. The van der Waals surface area contributed by atoms with Gasteiger partial charge in [-0.2, -0.15) is 0 Å². The van der Waals surface area contributed by atoms with E-state index < -0.39 is 0 Å². The first-order valence-corrected chi connectivity index (χ1v) is 10.9. The molecule has 0 fully saturated rings. The molecule has 0 bridgehead atoms. The van der Waals surface area contributed by atoms with Crippen molar-refractivity contribution in [1.29, 1.82) is 0 Å². The lowest BCUT2D eigenvalue weighted by Gasteiger charge is -2.13. The molecule has 2 N–H and O–H groups in total. The molecular weight excluding hydrogens is 426 g/mol. The van der Waals surface area contributed by atoms with Crippen molar-refractivity contribution in [3.8, 4) is 5.75 Å². The van der Waals surface area contributed by atoms with E-state index in [0.29, 0.717) is 36.8 Å². The summed E-state index contributed by atoms with van der Waals surface area (Å²) in [5.74, 6) is 0.546. The van der Waals surface area contributed by atoms with Gasteiger partial charge in [0.05, 0.1) is 13.0 Å². The molecule has 1 amide bonds. The maximum atomic E-state index is 12.9. The van der Waals surface area contributed by atoms with Crippen molar-refractivity contribution in [2.75, 3.05) is 13.7 Å². The topological polar surface area (TPSA) is 72.4 Å². The molecule has 7 heteroatoms. The van der Waals surface area contributed by atoms with Crippen molar-refractivity contribution in [2.45, 2.75) is 33.0 Å². The molecule has 0 spiro atoms. The summed E-state index contributed by atoms with van der Waals surface area (Å²) in [6, 6.07) is 16.9. The number of ether oxygens (including phenoxy) is 1. The van der Waals surface area contributed by atoms with Crippen LogP contribution in [0.15, 0.2) is 65.6 Å². The Bertz CT molecular complexity index is 1110. The minimum atomic E-state index is -0.209. The second-order valence-electron chi connectivity index (χ2n) is 7.53. The van der Waals surface area contributed by atoms with Crippen LogP contribution in [0.3, 0.4) is 0 Å². The van der Waals surface area contributed by atoms with Gasteiger partial charge in [0, 0.05) is 29.9 Å². The maximum Gasteiger partial charge on any atom is 0.254 e. The van der Waals surface area contributed by atoms with E-state index in [1.807, 2.05) is 68.6 Å². The van der Waals surface area contributed by atoms with E-state index in [1.54, 1.807) is 10.8 Å². The zero-order valence-electron chi connectivity index (χ0n) is 18.4. The first-order chi connectivity index (χ1) is 15.5. The quantitative estimate of drug-likeness (QED) is 0.493. The zero-order chi connectivity index (χ0) is 22.9. The smallest absolute Gasteiger partial charge is 0.254 e. The lowest BCUT2D eigenvalue weighted by molar-refractivity contribution is -0.120. The number of aromatic nitrogens is 1. The van der Waals surface area contributed by atoms with Crippen LogP contribution in [0.25, 0.3) is 0 Å². The lowest BCUT2D eigenvalue weighted by atomic mass is 10.1. The van der Waals surface area contributed by atoms with Crippen molar-refractivity contribution in [1.82, 2.24) is 15.2 Å². The van der Waals surface area contributed by atoms with E-state index in [1.165, 1.54) is 0 Å². The minimum Gasteiger partial charge on any atom is -0.492 e. The van der Waals surface area contributed by atoms with E-state index in [0.717, 1.165) is 22.4 Å². The average Bonchev–Trinajstić information content (AvgIpc) is 2.79. The molecule has 0 saturated heterocycles. The summed E-state index contributed by atoms with van der Waals surface area (Å²) in [6.45, 7) is 3.63. The Kier molecular flexibility index (Phi) is 8.48. The van der Waals surface area contributed by atoms with E-state index in [9.17, 15) is 9.59 Å². The van der Waals surface area contributed by atoms with E-state index in [2.05, 4.69) is 10.6 Å². The Morgan fingerprint density at radius 2 is 1.84 bits per heavy atom. The Hall–Kier alpha value is -3.09. The number of carbonyl (C=O) groups excluding carboxylic acids is 1. The largest absolute Gasteiger partial charge is 0.492 e. The number of aryl methyl sites for hydroxylation is 1. The van der Waals surface area contributed by atoms with Gasteiger partial charge in [0.15, 0.2) is 0 Å². The summed E-state index contributed by atoms with van der Waals surface area (Å²) < 4.78 is 7.27. The minimum absolute atomic E-state index is 0.0208. The van der Waals surface area contributed by atoms with Crippen LogP contribution in [0, 0.1) is 6.92 Å². The van der Waals surface area contributed by atoms with Crippen LogP contribution < -0.4 is 20.9 Å². The number of halogens is 1. The lowest BCUT2D eigenvalue weighted by Crippen LogP contribution is -2.32. The molecule has 0 aliphatic heterocycles. The fourth-order valence-electron chi connectivity index (χ4n) is 3.42. The van der Waals surface area contributed by atoms with Gasteiger partial charge in [0.25, 0.3) is 5.56 Å². The van der Waals surface area contributed by atoms with Gasteiger partial charge in [-0.15, -0.1) is 0 Å². The molecule has 6 nitrogen and oxygen atoms in total. The fourth-order valence-corrected chi connectivity index (χ4v) is 3.62. The summed E-state index contributed by atoms with van der Waals surface area (Å²) in [6.07, 6.45) is 1.76. The molecule has 2 aromatic carbocycles. The normalized spacial score (nSPS) is 10.7. The van der Waals surface area contributed by atoms with E-state index >= 15 is 0 Å². The third-order valence-electron chi connectivity index (χ3n) is 5.19. The average molecular weight is 454 g/mol. The van der Waals surface area contributed by atoms with Crippen LogP contribution in [-0.2, 0) is 30.8 Å². The van der Waals surface area contributed by atoms with Gasteiger partial charge in [-0.3, -0.25) is 9.59 Å². The van der Waals surface area contributed by atoms with Crippen LogP contribution in [0.4, 0.5) is 0 Å². The van der Waals surface area contributed by atoms with Crippen molar-refractivity contribution in [2.24, 2.45) is 0 Å². The summed E-state index contributed by atoms with van der Waals surface area (Å²) in [5.41, 5.74) is 3.13. The van der Waals surface area contributed by atoms with Gasteiger partial charge in [0.1, 0.15) is 12.4 Å². The fraction of sp³-hybridized carbons (Fsp3) is 0.280. The maximum absolute atomic E-state index is 12.9. The molecular formula is C25H28ClN3O3. The van der Waals surface area contributed by atoms with E-state index in [4.69, 9.17) is 16.3 Å². The van der Waals surface area contributed by atoms with Gasteiger partial charge in [-0.1, -0.05) is 35.9 Å². The number of para-hydroxylation sites is 1. The number of benzene rings is 2. The number of carbonyl (C=O) groups is 1. The van der Waals surface area contributed by atoms with Crippen LogP contribution >= 0.6 is 11.6 Å². The Balaban J connectivity index is 1.63. The molecule has 0 aliphatic rings. The van der Waals surface area contributed by atoms with Crippen LogP contribution in [-0.4, -0.2) is 24.1 Å². The monoisotopic (exact) mass is 453 g/mol. The summed E-state index contributed by atoms with van der Waals surface area (Å²) in [5, 5.41) is 6.64. The molecule has 0 saturated carbocycles. The summed E-state index contributed by atoms with van der Waals surface area (Å²) >= 11 is 6.11.